The Balaban J connectivity index is 2.13. The van der Waals surface area contributed by atoms with E-state index in [4.69, 9.17) is 16.3 Å². The number of thioether (sulfide) groups is 1. The van der Waals surface area contributed by atoms with Crippen LogP contribution < -0.4 is 0 Å². The van der Waals surface area contributed by atoms with Crippen molar-refractivity contribution in [3.63, 3.8) is 0 Å². The first kappa shape index (κ1) is 18.0. The normalized spacial score (nSPS) is 22.8. The topological polar surface area (TPSA) is 59.0 Å². The summed E-state index contributed by atoms with van der Waals surface area (Å²) in [5.41, 5.74) is 1.80. The summed E-state index contributed by atoms with van der Waals surface area (Å²) >= 11 is 7.45. The molecule has 0 aliphatic carbocycles. The standard InChI is InChI=1S/C18H19ClN2O3S/c1-4-13-16(22)21-15(11-6-8-12(19)9-7-11)14(17(23)24-5-2)10(3)20-18(21)25-13/h6-9,13,15H,4-5H2,1-3H3/t13-,15-/m0/s1. The smallest absolute Gasteiger partial charge is 0.338 e. The zero-order valence-corrected chi connectivity index (χ0v) is 15.9. The quantitative estimate of drug-likeness (QED) is 0.744. The molecule has 7 heteroatoms. The third-order valence-corrected chi connectivity index (χ3v) is 5.77. The number of aliphatic imine (C=N–C) groups is 1. The highest BCUT2D eigenvalue weighted by Gasteiger charge is 2.47. The van der Waals surface area contributed by atoms with Crippen LogP contribution in [0.2, 0.25) is 5.02 Å². The largest absolute Gasteiger partial charge is 0.463 e. The van der Waals surface area contributed by atoms with Gasteiger partial charge >= 0.3 is 5.97 Å². The maximum absolute atomic E-state index is 12.9. The summed E-state index contributed by atoms with van der Waals surface area (Å²) in [6, 6.07) is 6.64. The maximum Gasteiger partial charge on any atom is 0.338 e. The molecule has 0 aromatic heterocycles. The third kappa shape index (κ3) is 3.20. The molecular weight excluding hydrogens is 360 g/mol. The fourth-order valence-electron chi connectivity index (χ4n) is 3.02. The molecule has 0 unspecified atom stereocenters. The fourth-order valence-corrected chi connectivity index (χ4v) is 4.28. The average Bonchev–Trinajstić information content (AvgIpc) is 2.90. The predicted octanol–water partition coefficient (Wildman–Crippen LogP) is 3.94. The summed E-state index contributed by atoms with van der Waals surface area (Å²) in [6.45, 7) is 5.77. The van der Waals surface area contributed by atoms with Crippen molar-refractivity contribution in [3.8, 4) is 0 Å². The van der Waals surface area contributed by atoms with Crippen molar-refractivity contribution < 1.29 is 14.3 Å². The van der Waals surface area contributed by atoms with E-state index in [9.17, 15) is 9.59 Å². The van der Waals surface area contributed by atoms with Gasteiger partial charge in [-0.05, 0) is 38.0 Å². The molecule has 1 fully saturated rings. The predicted molar refractivity (Wildman–Crippen MR) is 99.5 cm³/mol. The van der Waals surface area contributed by atoms with E-state index in [0.29, 0.717) is 27.9 Å². The minimum absolute atomic E-state index is 0.0273. The number of esters is 1. The Morgan fingerprint density at radius 1 is 1.32 bits per heavy atom. The van der Waals surface area contributed by atoms with Crippen LogP contribution in [-0.2, 0) is 14.3 Å². The van der Waals surface area contributed by atoms with Crippen LogP contribution in [0.5, 0.6) is 0 Å². The number of halogens is 1. The summed E-state index contributed by atoms with van der Waals surface area (Å²) in [4.78, 5) is 31.6. The Kier molecular flexibility index (Phi) is 5.20. The zero-order chi connectivity index (χ0) is 18.1. The van der Waals surface area contributed by atoms with Crippen LogP contribution in [0.3, 0.4) is 0 Å². The Morgan fingerprint density at radius 3 is 2.60 bits per heavy atom. The molecule has 132 valence electrons. The maximum atomic E-state index is 12.9. The molecule has 0 N–H and O–H groups in total. The molecule has 3 rings (SSSR count). The van der Waals surface area contributed by atoms with Crippen LogP contribution in [0.1, 0.15) is 38.8 Å². The molecule has 0 saturated carbocycles. The van der Waals surface area contributed by atoms with Crippen LogP contribution in [0.15, 0.2) is 40.5 Å². The Labute approximate surface area is 156 Å². The minimum Gasteiger partial charge on any atom is -0.463 e. The van der Waals surface area contributed by atoms with Gasteiger partial charge in [0.05, 0.1) is 29.2 Å². The number of nitrogens with zero attached hydrogens (tertiary/aromatic N) is 2. The average molecular weight is 379 g/mol. The zero-order valence-electron chi connectivity index (χ0n) is 14.3. The highest BCUT2D eigenvalue weighted by molar-refractivity contribution is 8.15. The van der Waals surface area contributed by atoms with E-state index in [1.807, 2.05) is 19.1 Å². The Bertz CT molecular complexity index is 773. The number of amides is 1. The molecule has 25 heavy (non-hydrogen) atoms. The monoisotopic (exact) mass is 378 g/mol. The van der Waals surface area contributed by atoms with Crippen LogP contribution in [0.4, 0.5) is 0 Å². The van der Waals surface area contributed by atoms with E-state index in [1.165, 1.54) is 11.8 Å². The summed E-state index contributed by atoms with van der Waals surface area (Å²) in [5, 5.41) is 1.06. The molecule has 1 aromatic rings. The van der Waals surface area contributed by atoms with Crippen LogP contribution in [0.25, 0.3) is 0 Å². The van der Waals surface area contributed by atoms with E-state index in [1.54, 1.807) is 30.9 Å². The number of hydrogen-bond acceptors (Lipinski definition) is 5. The van der Waals surface area contributed by atoms with Crippen molar-refractivity contribution in [1.29, 1.82) is 0 Å². The van der Waals surface area contributed by atoms with Crippen molar-refractivity contribution in [3.05, 3.63) is 46.1 Å². The molecule has 1 amide bonds. The lowest BCUT2D eigenvalue weighted by Crippen LogP contribution is -2.40. The van der Waals surface area contributed by atoms with E-state index >= 15 is 0 Å². The van der Waals surface area contributed by atoms with Gasteiger partial charge in [-0.2, -0.15) is 0 Å². The van der Waals surface area contributed by atoms with Crippen LogP contribution >= 0.6 is 23.4 Å². The second kappa shape index (κ2) is 7.22. The molecule has 0 spiro atoms. The molecule has 0 bridgehead atoms. The number of fused-ring (bicyclic) bond motifs is 1. The molecule has 2 atom stereocenters. The van der Waals surface area contributed by atoms with Crippen molar-refractivity contribution >= 4 is 40.4 Å². The van der Waals surface area contributed by atoms with Crippen LogP contribution in [0, 0.1) is 0 Å². The number of benzene rings is 1. The lowest BCUT2D eigenvalue weighted by Gasteiger charge is -2.33. The van der Waals surface area contributed by atoms with E-state index in [-0.39, 0.29) is 17.8 Å². The van der Waals surface area contributed by atoms with E-state index in [2.05, 4.69) is 4.99 Å². The first-order valence-electron chi connectivity index (χ1n) is 8.19. The van der Waals surface area contributed by atoms with Gasteiger partial charge < -0.3 is 4.74 Å². The minimum atomic E-state index is -0.541. The number of ether oxygens (including phenoxy) is 1. The van der Waals surface area contributed by atoms with E-state index in [0.717, 1.165) is 5.56 Å². The second-order valence-corrected chi connectivity index (χ2v) is 7.40. The third-order valence-electron chi connectivity index (χ3n) is 4.20. The molecule has 0 radical (unpaired) electrons. The summed E-state index contributed by atoms with van der Waals surface area (Å²) in [6.07, 6.45) is 0.708. The van der Waals surface area contributed by atoms with Crippen molar-refractivity contribution in [2.24, 2.45) is 4.99 Å². The van der Waals surface area contributed by atoms with Gasteiger partial charge in [0, 0.05) is 5.02 Å². The number of carbonyl (C=O) groups is 2. The van der Waals surface area contributed by atoms with Gasteiger partial charge in [0.25, 0.3) is 0 Å². The first-order chi connectivity index (χ1) is 12.0. The van der Waals surface area contributed by atoms with Crippen molar-refractivity contribution in [2.45, 2.75) is 38.5 Å². The van der Waals surface area contributed by atoms with Gasteiger partial charge in [0.1, 0.15) is 0 Å². The highest BCUT2D eigenvalue weighted by Crippen LogP contribution is 2.44. The lowest BCUT2D eigenvalue weighted by molar-refractivity contribution is -0.139. The second-order valence-electron chi connectivity index (χ2n) is 5.79. The Morgan fingerprint density at radius 2 is 2.00 bits per heavy atom. The molecule has 1 saturated heterocycles. The molecule has 1 aromatic carbocycles. The molecule has 2 heterocycles. The molecule has 5 nitrogen and oxygen atoms in total. The van der Waals surface area contributed by atoms with Gasteiger partial charge in [0.15, 0.2) is 5.17 Å². The summed E-state index contributed by atoms with van der Waals surface area (Å²) < 4.78 is 5.23. The lowest BCUT2D eigenvalue weighted by atomic mass is 9.94. The Hall–Kier alpha value is -1.79. The number of rotatable bonds is 4. The van der Waals surface area contributed by atoms with Crippen molar-refractivity contribution in [1.82, 2.24) is 4.90 Å². The van der Waals surface area contributed by atoms with Crippen LogP contribution in [-0.4, -0.2) is 33.8 Å². The van der Waals surface area contributed by atoms with Gasteiger partial charge in [-0.1, -0.05) is 42.4 Å². The summed E-state index contributed by atoms with van der Waals surface area (Å²) in [7, 11) is 0. The number of amidine groups is 1. The highest BCUT2D eigenvalue weighted by atomic mass is 35.5. The summed E-state index contributed by atoms with van der Waals surface area (Å²) in [5.74, 6) is -0.471. The molecular formula is C18H19ClN2O3S. The first-order valence-corrected chi connectivity index (χ1v) is 9.45. The van der Waals surface area contributed by atoms with E-state index < -0.39 is 12.0 Å². The van der Waals surface area contributed by atoms with Gasteiger partial charge in [-0.25, -0.2) is 9.79 Å². The number of allylic oxidation sites excluding steroid dienone is 1. The number of carbonyl (C=O) groups excluding carboxylic acids is 2. The number of hydrogen-bond donors (Lipinski definition) is 0. The SMILES string of the molecule is CCOC(=O)C1=C(C)N=C2S[C@@H](CC)C(=O)N2[C@H]1c1ccc(Cl)cc1. The fraction of sp³-hybridized carbons (Fsp3) is 0.389. The van der Waals surface area contributed by atoms with Gasteiger partial charge in [0.2, 0.25) is 5.91 Å². The van der Waals surface area contributed by atoms with Crippen molar-refractivity contribution in [2.75, 3.05) is 6.61 Å². The van der Waals surface area contributed by atoms with Gasteiger partial charge in [-0.15, -0.1) is 0 Å². The molecule has 2 aliphatic heterocycles. The molecule has 2 aliphatic rings. The van der Waals surface area contributed by atoms with Gasteiger partial charge in [-0.3, -0.25) is 9.69 Å².